The van der Waals surface area contributed by atoms with E-state index in [1.807, 2.05) is 42.5 Å². The van der Waals surface area contributed by atoms with Crippen LogP contribution in [0.1, 0.15) is 0 Å². The molecule has 4 aromatic rings. The third-order valence-electron chi connectivity index (χ3n) is 3.91. The standard InChI is InChI=1S/C21H14ClNOS/c22-17-4-1-3-15(11-17)20-13-16(21-5-2-10-25-21)12-19(23-20)14-6-8-18(24)9-7-14/h1-13,24H. The van der Waals surface area contributed by atoms with Gasteiger partial charge in [-0.3, -0.25) is 0 Å². The number of benzene rings is 2. The van der Waals surface area contributed by atoms with E-state index in [1.54, 1.807) is 23.5 Å². The van der Waals surface area contributed by atoms with Crippen molar-refractivity contribution < 1.29 is 5.11 Å². The third-order valence-corrected chi connectivity index (χ3v) is 5.07. The highest BCUT2D eigenvalue weighted by Gasteiger charge is 2.10. The van der Waals surface area contributed by atoms with Crippen LogP contribution in [-0.4, -0.2) is 10.1 Å². The summed E-state index contributed by atoms with van der Waals surface area (Å²) in [6.45, 7) is 0. The highest BCUT2D eigenvalue weighted by atomic mass is 35.5. The van der Waals surface area contributed by atoms with Crippen molar-refractivity contribution in [3.05, 3.63) is 83.2 Å². The highest BCUT2D eigenvalue weighted by Crippen LogP contribution is 2.33. The van der Waals surface area contributed by atoms with E-state index in [2.05, 4.69) is 23.6 Å². The Balaban J connectivity index is 1.90. The molecule has 0 atom stereocenters. The predicted octanol–water partition coefficient (Wildman–Crippen LogP) is 6.50. The quantitative estimate of drug-likeness (QED) is 0.450. The predicted molar refractivity (Wildman–Crippen MR) is 105 cm³/mol. The molecule has 0 aliphatic carbocycles. The summed E-state index contributed by atoms with van der Waals surface area (Å²) in [7, 11) is 0. The maximum absolute atomic E-state index is 9.54. The van der Waals surface area contributed by atoms with Crippen LogP contribution in [0.3, 0.4) is 0 Å². The number of halogens is 1. The molecule has 0 fully saturated rings. The Bertz CT molecular complexity index is 1010. The molecule has 0 amide bonds. The zero-order valence-corrected chi connectivity index (χ0v) is 14.8. The van der Waals surface area contributed by atoms with Crippen LogP contribution in [0.4, 0.5) is 0 Å². The molecule has 2 nitrogen and oxygen atoms in total. The van der Waals surface area contributed by atoms with Crippen LogP contribution in [-0.2, 0) is 0 Å². The van der Waals surface area contributed by atoms with Gasteiger partial charge in [-0.05, 0) is 65.5 Å². The van der Waals surface area contributed by atoms with Crippen LogP contribution >= 0.6 is 22.9 Å². The molecule has 0 spiro atoms. The van der Waals surface area contributed by atoms with E-state index in [0.717, 1.165) is 28.1 Å². The van der Waals surface area contributed by atoms with E-state index in [4.69, 9.17) is 16.6 Å². The molecule has 0 bridgehead atoms. The fourth-order valence-electron chi connectivity index (χ4n) is 2.69. The molecule has 0 aliphatic heterocycles. The minimum atomic E-state index is 0.244. The van der Waals surface area contributed by atoms with E-state index in [1.165, 1.54) is 4.88 Å². The molecule has 0 saturated carbocycles. The van der Waals surface area contributed by atoms with Gasteiger partial charge in [0.2, 0.25) is 0 Å². The number of hydrogen-bond acceptors (Lipinski definition) is 3. The number of aromatic hydroxyl groups is 1. The maximum Gasteiger partial charge on any atom is 0.115 e. The zero-order valence-electron chi connectivity index (χ0n) is 13.2. The summed E-state index contributed by atoms with van der Waals surface area (Å²) in [4.78, 5) is 6.00. The van der Waals surface area contributed by atoms with Gasteiger partial charge in [0.15, 0.2) is 0 Å². The normalized spacial score (nSPS) is 10.8. The van der Waals surface area contributed by atoms with Crippen molar-refractivity contribution in [2.24, 2.45) is 0 Å². The number of nitrogens with zero attached hydrogens (tertiary/aromatic N) is 1. The van der Waals surface area contributed by atoms with Crippen LogP contribution in [0.15, 0.2) is 78.2 Å². The van der Waals surface area contributed by atoms with E-state index >= 15 is 0 Å². The van der Waals surface area contributed by atoms with Crippen molar-refractivity contribution in [2.45, 2.75) is 0 Å². The molecular formula is C21H14ClNOS. The lowest BCUT2D eigenvalue weighted by Gasteiger charge is -2.09. The van der Waals surface area contributed by atoms with Gasteiger partial charge in [0, 0.05) is 21.0 Å². The summed E-state index contributed by atoms with van der Waals surface area (Å²) < 4.78 is 0. The smallest absolute Gasteiger partial charge is 0.115 e. The summed E-state index contributed by atoms with van der Waals surface area (Å²) in [5.41, 5.74) is 4.78. The van der Waals surface area contributed by atoms with Crippen LogP contribution in [0, 0.1) is 0 Å². The molecule has 0 saturated heterocycles. The second-order valence-electron chi connectivity index (χ2n) is 5.66. The van der Waals surface area contributed by atoms with Gasteiger partial charge in [0.1, 0.15) is 5.75 Å². The molecule has 0 aliphatic rings. The topological polar surface area (TPSA) is 33.1 Å². The van der Waals surface area contributed by atoms with Gasteiger partial charge < -0.3 is 5.11 Å². The van der Waals surface area contributed by atoms with E-state index in [-0.39, 0.29) is 5.75 Å². The molecule has 25 heavy (non-hydrogen) atoms. The maximum atomic E-state index is 9.54. The van der Waals surface area contributed by atoms with Crippen molar-refractivity contribution >= 4 is 22.9 Å². The fraction of sp³-hybridized carbons (Fsp3) is 0. The average molecular weight is 364 g/mol. The number of pyridine rings is 1. The van der Waals surface area contributed by atoms with Crippen molar-refractivity contribution in [3.8, 4) is 38.7 Å². The molecule has 0 radical (unpaired) electrons. The average Bonchev–Trinajstić information content (AvgIpc) is 3.17. The molecule has 2 aromatic heterocycles. The Kier molecular flexibility index (Phi) is 4.26. The summed E-state index contributed by atoms with van der Waals surface area (Å²) in [6.07, 6.45) is 0. The van der Waals surface area contributed by atoms with Gasteiger partial charge in [-0.15, -0.1) is 11.3 Å². The SMILES string of the molecule is Oc1ccc(-c2cc(-c3cccs3)cc(-c3cccc(Cl)c3)n2)cc1. The highest BCUT2D eigenvalue weighted by molar-refractivity contribution is 7.13. The van der Waals surface area contributed by atoms with Crippen LogP contribution in [0.5, 0.6) is 5.75 Å². The van der Waals surface area contributed by atoms with E-state index < -0.39 is 0 Å². The first-order valence-corrected chi connectivity index (χ1v) is 9.06. The second kappa shape index (κ2) is 6.71. The van der Waals surface area contributed by atoms with Crippen molar-refractivity contribution in [1.29, 1.82) is 0 Å². The second-order valence-corrected chi connectivity index (χ2v) is 7.04. The molecule has 2 heterocycles. The minimum absolute atomic E-state index is 0.244. The Labute approximate surface area is 155 Å². The summed E-state index contributed by atoms with van der Waals surface area (Å²) in [6, 6.07) is 23.1. The largest absolute Gasteiger partial charge is 0.508 e. The van der Waals surface area contributed by atoms with Crippen LogP contribution in [0.25, 0.3) is 33.0 Å². The Hall–Kier alpha value is -2.62. The number of hydrogen-bond donors (Lipinski definition) is 1. The van der Waals surface area contributed by atoms with Crippen LogP contribution in [0.2, 0.25) is 5.02 Å². The first-order valence-electron chi connectivity index (χ1n) is 7.80. The van der Waals surface area contributed by atoms with Gasteiger partial charge >= 0.3 is 0 Å². The Morgan fingerprint density at radius 1 is 0.760 bits per heavy atom. The van der Waals surface area contributed by atoms with E-state index in [0.29, 0.717) is 5.02 Å². The number of phenolic OH excluding ortho intramolecular Hbond substituents is 1. The Morgan fingerprint density at radius 2 is 1.52 bits per heavy atom. The fourth-order valence-corrected chi connectivity index (χ4v) is 3.60. The third kappa shape index (κ3) is 3.43. The van der Waals surface area contributed by atoms with Crippen molar-refractivity contribution in [1.82, 2.24) is 4.98 Å². The molecule has 1 N–H and O–H groups in total. The zero-order chi connectivity index (χ0) is 17.2. The lowest BCUT2D eigenvalue weighted by Crippen LogP contribution is -1.90. The molecule has 4 heteroatoms. The number of phenols is 1. The van der Waals surface area contributed by atoms with Gasteiger partial charge in [-0.2, -0.15) is 0 Å². The number of aromatic nitrogens is 1. The lowest BCUT2D eigenvalue weighted by molar-refractivity contribution is 0.475. The van der Waals surface area contributed by atoms with Crippen LogP contribution < -0.4 is 0 Å². The van der Waals surface area contributed by atoms with Crippen molar-refractivity contribution in [3.63, 3.8) is 0 Å². The number of thiophene rings is 1. The number of rotatable bonds is 3. The Morgan fingerprint density at radius 3 is 2.20 bits per heavy atom. The molecule has 4 rings (SSSR count). The minimum Gasteiger partial charge on any atom is -0.508 e. The monoisotopic (exact) mass is 363 g/mol. The summed E-state index contributed by atoms with van der Waals surface area (Å²) in [5, 5.41) is 12.3. The molecule has 122 valence electrons. The first-order chi connectivity index (χ1) is 12.2. The van der Waals surface area contributed by atoms with Crippen molar-refractivity contribution in [2.75, 3.05) is 0 Å². The van der Waals surface area contributed by atoms with Gasteiger partial charge in [-0.25, -0.2) is 4.98 Å². The van der Waals surface area contributed by atoms with E-state index in [9.17, 15) is 5.11 Å². The molecule has 0 unspecified atom stereocenters. The van der Waals surface area contributed by atoms with Gasteiger partial charge in [0.05, 0.1) is 11.4 Å². The molecule has 2 aromatic carbocycles. The summed E-state index contributed by atoms with van der Waals surface area (Å²) in [5.74, 6) is 0.244. The summed E-state index contributed by atoms with van der Waals surface area (Å²) >= 11 is 7.85. The lowest BCUT2D eigenvalue weighted by atomic mass is 10.0. The molecular weight excluding hydrogens is 350 g/mol. The van der Waals surface area contributed by atoms with Gasteiger partial charge in [-0.1, -0.05) is 29.8 Å². The first kappa shape index (κ1) is 15.9. The van der Waals surface area contributed by atoms with Gasteiger partial charge in [0.25, 0.3) is 0 Å².